The fourth-order valence-electron chi connectivity index (χ4n) is 2.38. The molecule has 1 aromatic rings. The molecule has 1 aliphatic heterocycles. The van der Waals surface area contributed by atoms with Gasteiger partial charge in [-0.2, -0.15) is 0 Å². The van der Waals surface area contributed by atoms with E-state index in [1.807, 2.05) is 13.8 Å². The second-order valence-corrected chi connectivity index (χ2v) is 6.22. The van der Waals surface area contributed by atoms with Gasteiger partial charge in [0.15, 0.2) is 0 Å². The average Bonchev–Trinajstić information content (AvgIpc) is 2.94. The van der Waals surface area contributed by atoms with Crippen LogP contribution in [-0.2, 0) is 9.53 Å². The van der Waals surface area contributed by atoms with E-state index in [1.54, 1.807) is 17.0 Å². The summed E-state index contributed by atoms with van der Waals surface area (Å²) in [6.07, 6.45) is 0. The Labute approximate surface area is 127 Å². The molecule has 1 saturated heterocycles. The Bertz CT molecular complexity index is 567. The van der Waals surface area contributed by atoms with Gasteiger partial charge >= 0.3 is 5.97 Å². The first kappa shape index (κ1) is 15.5. The van der Waals surface area contributed by atoms with Crippen LogP contribution in [0.5, 0.6) is 0 Å². The summed E-state index contributed by atoms with van der Waals surface area (Å²) in [6, 6.07) is 2.69. The fraction of sp³-hybridized carbons (Fsp3) is 0.500. The number of hydrogen-bond donors (Lipinski definition) is 1. The highest BCUT2D eigenvalue weighted by atomic mass is 32.1. The number of hydrogen-bond acceptors (Lipinski definition) is 5. The molecule has 1 fully saturated rings. The lowest BCUT2D eigenvalue weighted by atomic mass is 9.99. The first-order valence-corrected chi connectivity index (χ1v) is 7.54. The van der Waals surface area contributed by atoms with Gasteiger partial charge in [-0.05, 0) is 18.1 Å². The Morgan fingerprint density at radius 3 is 2.67 bits per heavy atom. The molecule has 0 aromatic carbocycles. The maximum absolute atomic E-state index is 12.6. The number of amides is 2. The third-order valence-electron chi connectivity index (χ3n) is 3.35. The number of nitrogens with zero attached hydrogens (tertiary/aromatic N) is 1. The molecular weight excluding hydrogens is 292 g/mol. The van der Waals surface area contributed by atoms with Crippen LogP contribution in [0.3, 0.4) is 0 Å². The molecule has 0 bridgehead atoms. The summed E-state index contributed by atoms with van der Waals surface area (Å²) in [6.45, 7) is 4.73. The predicted molar refractivity (Wildman–Crippen MR) is 78.3 cm³/mol. The van der Waals surface area contributed by atoms with Crippen LogP contribution in [0.4, 0.5) is 0 Å². The van der Waals surface area contributed by atoms with Crippen molar-refractivity contribution in [3.8, 4) is 0 Å². The number of esters is 1. The molecule has 1 unspecified atom stereocenters. The highest BCUT2D eigenvalue weighted by molar-refractivity contribution is 7.15. The summed E-state index contributed by atoms with van der Waals surface area (Å²) < 4.78 is 4.63. The SMILES string of the molecule is COC(=O)c1ccc(C(=O)N2CCNC(=O)C2C(C)C)s1. The lowest BCUT2D eigenvalue weighted by Gasteiger charge is -2.37. The van der Waals surface area contributed by atoms with E-state index in [4.69, 9.17) is 0 Å². The van der Waals surface area contributed by atoms with E-state index in [0.717, 1.165) is 11.3 Å². The lowest BCUT2D eigenvalue weighted by molar-refractivity contribution is -0.129. The van der Waals surface area contributed by atoms with Gasteiger partial charge in [-0.15, -0.1) is 11.3 Å². The van der Waals surface area contributed by atoms with Crippen molar-refractivity contribution in [2.45, 2.75) is 19.9 Å². The molecule has 0 aliphatic carbocycles. The Kier molecular flexibility index (Phi) is 4.62. The van der Waals surface area contributed by atoms with Gasteiger partial charge < -0.3 is 15.0 Å². The van der Waals surface area contributed by atoms with Gasteiger partial charge in [0.25, 0.3) is 5.91 Å². The first-order chi connectivity index (χ1) is 9.95. The maximum atomic E-state index is 12.6. The molecule has 1 atom stereocenters. The topological polar surface area (TPSA) is 75.7 Å². The van der Waals surface area contributed by atoms with E-state index in [1.165, 1.54) is 7.11 Å². The van der Waals surface area contributed by atoms with E-state index < -0.39 is 12.0 Å². The summed E-state index contributed by atoms with van der Waals surface area (Å²) in [5.41, 5.74) is 0. The van der Waals surface area contributed by atoms with Crippen LogP contribution in [0.1, 0.15) is 33.2 Å². The highest BCUT2D eigenvalue weighted by Gasteiger charge is 2.36. The largest absolute Gasteiger partial charge is 0.465 e. The minimum Gasteiger partial charge on any atom is -0.465 e. The van der Waals surface area contributed by atoms with Crippen LogP contribution in [-0.4, -0.2) is 48.9 Å². The molecule has 0 spiro atoms. The van der Waals surface area contributed by atoms with Crippen LogP contribution in [0, 0.1) is 5.92 Å². The van der Waals surface area contributed by atoms with Gasteiger partial charge in [-0.3, -0.25) is 9.59 Å². The van der Waals surface area contributed by atoms with Gasteiger partial charge in [-0.1, -0.05) is 13.8 Å². The number of methoxy groups -OCH3 is 1. The maximum Gasteiger partial charge on any atom is 0.348 e. The molecule has 21 heavy (non-hydrogen) atoms. The third-order valence-corrected chi connectivity index (χ3v) is 4.41. The zero-order chi connectivity index (χ0) is 15.6. The molecule has 1 N–H and O–H groups in total. The summed E-state index contributed by atoms with van der Waals surface area (Å²) >= 11 is 1.08. The molecule has 0 radical (unpaired) electrons. The molecular formula is C14H18N2O4S. The number of nitrogens with one attached hydrogen (secondary N) is 1. The first-order valence-electron chi connectivity index (χ1n) is 6.72. The standard InChI is InChI=1S/C14H18N2O4S/c1-8(2)11-12(17)15-6-7-16(11)13(18)9-4-5-10(21-9)14(19)20-3/h4-5,8,11H,6-7H2,1-3H3,(H,15,17). The monoisotopic (exact) mass is 310 g/mol. The van der Waals surface area contributed by atoms with Gasteiger partial charge in [0.2, 0.25) is 5.91 Å². The number of piperazine rings is 1. The highest BCUT2D eigenvalue weighted by Crippen LogP contribution is 2.23. The minimum absolute atomic E-state index is 0.0225. The Morgan fingerprint density at radius 1 is 1.38 bits per heavy atom. The fourth-order valence-corrected chi connectivity index (χ4v) is 3.26. The second-order valence-electron chi connectivity index (χ2n) is 5.13. The summed E-state index contributed by atoms with van der Waals surface area (Å²) in [5.74, 6) is -0.789. The van der Waals surface area contributed by atoms with Crippen LogP contribution in [0.2, 0.25) is 0 Å². The Balaban J connectivity index is 2.23. The van der Waals surface area contributed by atoms with Crippen LogP contribution < -0.4 is 5.32 Å². The van der Waals surface area contributed by atoms with E-state index in [0.29, 0.717) is 22.8 Å². The number of rotatable bonds is 3. The molecule has 114 valence electrons. The van der Waals surface area contributed by atoms with Crippen LogP contribution in [0.15, 0.2) is 12.1 Å². The van der Waals surface area contributed by atoms with Crippen LogP contribution >= 0.6 is 11.3 Å². The van der Waals surface area contributed by atoms with Gasteiger partial charge in [0.05, 0.1) is 12.0 Å². The molecule has 7 heteroatoms. The number of thiophene rings is 1. The molecule has 0 saturated carbocycles. The zero-order valence-corrected chi connectivity index (χ0v) is 13.0. The summed E-state index contributed by atoms with van der Waals surface area (Å²) in [5, 5.41) is 2.78. The van der Waals surface area contributed by atoms with Crippen molar-refractivity contribution < 1.29 is 19.1 Å². The molecule has 2 amide bonds. The van der Waals surface area contributed by atoms with E-state index in [-0.39, 0.29) is 17.7 Å². The molecule has 1 aromatic heterocycles. The minimum atomic E-state index is -0.477. The van der Waals surface area contributed by atoms with E-state index in [9.17, 15) is 14.4 Å². The molecule has 2 rings (SSSR count). The second kappa shape index (κ2) is 6.26. The number of ether oxygens (including phenoxy) is 1. The van der Waals surface area contributed by atoms with Crippen LogP contribution in [0.25, 0.3) is 0 Å². The smallest absolute Gasteiger partial charge is 0.348 e. The van der Waals surface area contributed by atoms with E-state index in [2.05, 4.69) is 10.1 Å². The normalized spacial score (nSPS) is 18.6. The van der Waals surface area contributed by atoms with Crippen molar-refractivity contribution in [1.82, 2.24) is 10.2 Å². The van der Waals surface area contributed by atoms with Gasteiger partial charge in [-0.25, -0.2) is 4.79 Å². The van der Waals surface area contributed by atoms with Crippen molar-refractivity contribution in [2.75, 3.05) is 20.2 Å². The Morgan fingerprint density at radius 2 is 2.05 bits per heavy atom. The number of carbonyl (C=O) groups excluding carboxylic acids is 3. The molecule has 1 aliphatic rings. The van der Waals surface area contributed by atoms with Crippen molar-refractivity contribution >= 4 is 29.1 Å². The van der Waals surface area contributed by atoms with Gasteiger partial charge in [0.1, 0.15) is 10.9 Å². The third kappa shape index (κ3) is 3.07. The Hall–Kier alpha value is -1.89. The van der Waals surface area contributed by atoms with Crippen molar-refractivity contribution in [1.29, 1.82) is 0 Å². The predicted octanol–water partition coefficient (Wildman–Crippen LogP) is 1.13. The quantitative estimate of drug-likeness (QED) is 0.849. The van der Waals surface area contributed by atoms with E-state index >= 15 is 0 Å². The van der Waals surface area contributed by atoms with Crippen molar-refractivity contribution in [2.24, 2.45) is 5.92 Å². The lowest BCUT2D eigenvalue weighted by Crippen LogP contribution is -2.59. The zero-order valence-electron chi connectivity index (χ0n) is 12.2. The number of carbonyl (C=O) groups is 3. The summed E-state index contributed by atoms with van der Waals surface area (Å²) in [4.78, 5) is 38.4. The average molecular weight is 310 g/mol. The van der Waals surface area contributed by atoms with Crippen molar-refractivity contribution in [3.05, 3.63) is 21.9 Å². The molecule has 2 heterocycles. The van der Waals surface area contributed by atoms with Gasteiger partial charge in [0, 0.05) is 13.1 Å². The van der Waals surface area contributed by atoms with Crippen molar-refractivity contribution in [3.63, 3.8) is 0 Å². The summed E-state index contributed by atoms with van der Waals surface area (Å²) in [7, 11) is 1.30. The molecule has 6 nitrogen and oxygen atoms in total.